The minimum absolute atomic E-state index is 0. The van der Waals surface area contributed by atoms with Crippen molar-refractivity contribution >= 4 is 40.5 Å². The van der Waals surface area contributed by atoms with Crippen molar-refractivity contribution < 1.29 is 145 Å². The molecule has 33 heavy (non-hydrogen) atoms. The molecule has 0 aliphatic carbocycles. The van der Waals surface area contributed by atoms with Gasteiger partial charge in [-0.05, 0) is 0 Å². The maximum atomic E-state index is 10.7. The normalized spacial score (nSPS) is 13.6. The van der Waals surface area contributed by atoms with E-state index in [1.165, 1.54) is 0 Å². The third-order valence-corrected chi connectivity index (χ3v) is 3.43. The van der Waals surface area contributed by atoms with Crippen LogP contribution >= 0.6 is 0 Å². The Morgan fingerprint density at radius 1 is 0.424 bits per heavy atom. The molecule has 0 aliphatic heterocycles. The monoisotopic (exact) mass is 749 g/mol. The molecule has 0 aromatic carbocycles. The fourth-order valence-electron chi connectivity index (χ4n) is 0. The van der Waals surface area contributed by atoms with Gasteiger partial charge in [-0.25, -0.2) is 25.3 Å². The van der Waals surface area contributed by atoms with Gasteiger partial charge in [-0.2, -0.15) is 61.1 Å². The average molecular weight is 748 g/mol. The topological polar surface area (TPSA) is 226 Å². The number of alkyl halides is 12. The van der Waals surface area contributed by atoms with Gasteiger partial charge in [0, 0.05) is 0 Å². The molecule has 0 saturated carbocycles. The molecule has 0 atom stereocenters. The molecule has 0 saturated heterocycles. The predicted molar refractivity (Wildman–Crippen MR) is 64.9 cm³/mol. The second-order valence-corrected chi connectivity index (χ2v) is 9.15. The zero-order valence-electron chi connectivity index (χ0n) is 13.5. The molecule has 1 N–H and O–H groups in total. The fourth-order valence-corrected chi connectivity index (χ4v) is 0. The molecule has 0 bridgehead atoms. The molecular formula is C4HF12O12S4Sm. The van der Waals surface area contributed by atoms with Crippen LogP contribution in [0.15, 0.2) is 0 Å². The molecule has 0 aromatic rings. The van der Waals surface area contributed by atoms with Crippen LogP contribution in [-0.2, 0) is 40.5 Å². The summed E-state index contributed by atoms with van der Waals surface area (Å²) in [4.78, 5) is 0. The van der Waals surface area contributed by atoms with Crippen LogP contribution in [0.2, 0.25) is 0 Å². The van der Waals surface area contributed by atoms with Crippen molar-refractivity contribution in [3.63, 3.8) is 0 Å². The van der Waals surface area contributed by atoms with E-state index in [0.717, 1.165) is 0 Å². The minimum Gasteiger partial charge on any atom is -0.741 e. The first kappa shape index (κ1) is 43.2. The second kappa shape index (κ2) is 13.4. The summed E-state index contributed by atoms with van der Waals surface area (Å²) in [6.45, 7) is 0. The van der Waals surface area contributed by atoms with Gasteiger partial charge in [-0.1, -0.05) is 0 Å². The standard InChI is InChI=1S/4CHF3O3S.Sm/c4*2-1(3,4)8(5,6)7;/h4*(H,5,6,7);/q;;;;+3/p-3. The molecule has 0 rings (SSSR count). The van der Waals surface area contributed by atoms with Gasteiger partial charge in [0.25, 0.3) is 0 Å². The van der Waals surface area contributed by atoms with Gasteiger partial charge in [0.15, 0.2) is 30.4 Å². The van der Waals surface area contributed by atoms with Gasteiger partial charge in [-0.15, -0.1) is 0 Å². The van der Waals surface area contributed by atoms with Gasteiger partial charge < -0.3 is 13.7 Å². The zero-order chi connectivity index (χ0) is 28.0. The van der Waals surface area contributed by atoms with Crippen LogP contribution in [0.1, 0.15) is 0 Å². The number of hydrogen-bond acceptors (Lipinski definition) is 11. The third kappa shape index (κ3) is 22.4. The van der Waals surface area contributed by atoms with Crippen LogP contribution in [0.5, 0.6) is 0 Å². The van der Waals surface area contributed by atoms with Gasteiger partial charge in [-0.3, -0.25) is 4.55 Å². The maximum absolute atomic E-state index is 10.7. The molecule has 0 spiro atoms. The van der Waals surface area contributed by atoms with E-state index in [2.05, 4.69) is 0 Å². The summed E-state index contributed by atoms with van der Waals surface area (Å²) in [7, 11) is -24.1. The maximum Gasteiger partial charge on any atom is 3.00 e. The molecule has 12 nitrogen and oxygen atoms in total. The summed E-state index contributed by atoms with van der Waals surface area (Å²) >= 11 is 0. The zero-order valence-corrected chi connectivity index (χ0v) is 19.4. The Hall–Kier alpha value is 0.138. The molecule has 0 heterocycles. The van der Waals surface area contributed by atoms with Crippen molar-refractivity contribution in [1.29, 1.82) is 0 Å². The molecule has 0 amide bonds. The van der Waals surface area contributed by atoms with Crippen LogP contribution < -0.4 is 0 Å². The van der Waals surface area contributed by atoms with Crippen LogP contribution in [0.3, 0.4) is 0 Å². The van der Waals surface area contributed by atoms with Crippen molar-refractivity contribution in [3.8, 4) is 0 Å². The Morgan fingerprint density at radius 2 is 0.485 bits per heavy atom. The quantitative estimate of drug-likeness (QED) is 0.204. The van der Waals surface area contributed by atoms with E-state index >= 15 is 0 Å². The van der Waals surface area contributed by atoms with Crippen molar-refractivity contribution in [2.24, 2.45) is 0 Å². The smallest absolute Gasteiger partial charge is 0.741 e. The number of rotatable bonds is 0. The molecule has 0 aliphatic rings. The summed E-state index contributed by atoms with van der Waals surface area (Å²) in [6.07, 6.45) is 0. The summed E-state index contributed by atoms with van der Waals surface area (Å²) < 4.78 is 234. The Kier molecular flexibility index (Phi) is 17.6. The predicted octanol–water partition coefficient (Wildman–Crippen LogP) is 0.548. The van der Waals surface area contributed by atoms with E-state index in [0.29, 0.717) is 0 Å². The molecule has 0 unspecified atom stereocenters. The first-order chi connectivity index (χ1) is 13.0. The Labute approximate surface area is 206 Å². The summed E-state index contributed by atoms with van der Waals surface area (Å²) in [5, 5.41) is 0. The Bertz CT molecular complexity index is 828. The van der Waals surface area contributed by atoms with Crippen LogP contribution in [0, 0.1) is 40.4 Å². The first-order valence-corrected chi connectivity index (χ1v) is 10.8. The van der Waals surface area contributed by atoms with Crippen molar-refractivity contribution in [3.05, 3.63) is 0 Å². The van der Waals surface area contributed by atoms with E-state index in [4.69, 9.17) is 51.9 Å². The molecular weight excluding hydrogens is 747 g/mol. The Morgan fingerprint density at radius 3 is 0.485 bits per heavy atom. The third-order valence-electron chi connectivity index (χ3n) is 1.14. The van der Waals surface area contributed by atoms with E-state index in [9.17, 15) is 52.7 Å². The van der Waals surface area contributed by atoms with Gasteiger partial charge in [0.05, 0.1) is 0 Å². The molecule has 29 heteroatoms. The van der Waals surface area contributed by atoms with Gasteiger partial charge in [0.1, 0.15) is 0 Å². The number of halogens is 12. The minimum atomic E-state index is -6.09. The van der Waals surface area contributed by atoms with Crippen LogP contribution in [0.25, 0.3) is 0 Å². The molecule has 0 aromatic heterocycles. The van der Waals surface area contributed by atoms with Gasteiger partial charge in [0.2, 0.25) is 0 Å². The molecule has 1 radical (unpaired) electrons. The van der Waals surface area contributed by atoms with E-state index in [-0.39, 0.29) is 40.4 Å². The summed E-state index contributed by atoms with van der Waals surface area (Å²) in [5.74, 6) is 0. The summed E-state index contributed by atoms with van der Waals surface area (Å²) in [5.41, 5.74) is -22.5. The van der Waals surface area contributed by atoms with Crippen molar-refractivity contribution in [1.82, 2.24) is 0 Å². The largest absolute Gasteiger partial charge is 3.00 e. The molecule has 0 fully saturated rings. The summed E-state index contributed by atoms with van der Waals surface area (Å²) in [6, 6.07) is 0. The van der Waals surface area contributed by atoms with Crippen LogP contribution in [-0.4, -0.2) is 73.9 Å². The Balaban J connectivity index is -0.000000105. The van der Waals surface area contributed by atoms with E-state index < -0.39 is 62.5 Å². The first-order valence-electron chi connectivity index (χ1n) is 5.10. The van der Waals surface area contributed by atoms with Crippen molar-refractivity contribution in [2.75, 3.05) is 0 Å². The van der Waals surface area contributed by atoms with Crippen molar-refractivity contribution in [2.45, 2.75) is 22.0 Å². The average Bonchev–Trinajstić information content (AvgIpc) is 2.30. The second-order valence-electron chi connectivity index (χ2n) is 3.62. The number of hydrogen-bond donors (Lipinski definition) is 1. The van der Waals surface area contributed by atoms with E-state index in [1.54, 1.807) is 0 Å². The fraction of sp³-hybridized carbons (Fsp3) is 1.00. The SMILES string of the molecule is O=S(=O)(O)C(F)(F)F.O=S(=O)([O-])C(F)(F)F.O=S(=O)([O-])C(F)(F)F.O=S(=O)([O-])C(F)(F)F.[Sm+3]. The van der Waals surface area contributed by atoms with Gasteiger partial charge >= 0.3 is 72.5 Å². The van der Waals surface area contributed by atoms with Crippen LogP contribution in [0.4, 0.5) is 52.7 Å². The van der Waals surface area contributed by atoms with E-state index in [1.807, 2.05) is 0 Å². The molecule has 203 valence electrons.